The van der Waals surface area contributed by atoms with Gasteiger partial charge in [-0.3, -0.25) is 0 Å². The molecule has 0 aromatic heterocycles. The van der Waals surface area contributed by atoms with E-state index in [0.717, 1.165) is 16.9 Å². The molecule has 3 rings (SSSR count). The second kappa shape index (κ2) is 8.29. The molecule has 144 valence electrons. The topological polar surface area (TPSA) is 59.6 Å². The maximum absolute atomic E-state index is 13.1. The van der Waals surface area contributed by atoms with Crippen molar-refractivity contribution >= 4 is 6.03 Å². The van der Waals surface area contributed by atoms with Crippen molar-refractivity contribution < 1.29 is 18.7 Å². The van der Waals surface area contributed by atoms with Gasteiger partial charge in [0.25, 0.3) is 0 Å². The van der Waals surface area contributed by atoms with Crippen molar-refractivity contribution in [3.63, 3.8) is 0 Å². The molecule has 6 heteroatoms. The summed E-state index contributed by atoms with van der Waals surface area (Å²) in [6, 6.07) is 11.2. The number of urea groups is 1. The van der Waals surface area contributed by atoms with Crippen LogP contribution in [0.1, 0.15) is 44.0 Å². The fourth-order valence-electron chi connectivity index (χ4n) is 3.10. The first-order valence-electron chi connectivity index (χ1n) is 9.16. The van der Waals surface area contributed by atoms with Crippen molar-refractivity contribution in [3.8, 4) is 11.5 Å². The van der Waals surface area contributed by atoms with E-state index >= 15 is 0 Å². The number of amides is 2. The lowest BCUT2D eigenvalue weighted by atomic mass is 9.95. The highest BCUT2D eigenvalue weighted by Gasteiger charge is 2.22. The summed E-state index contributed by atoms with van der Waals surface area (Å²) in [6.07, 6.45) is 0. The van der Waals surface area contributed by atoms with Gasteiger partial charge in [-0.1, -0.05) is 32.0 Å². The average molecular weight is 372 g/mol. The molecule has 5 nitrogen and oxygen atoms in total. The van der Waals surface area contributed by atoms with Crippen LogP contribution < -0.4 is 20.1 Å². The number of rotatable bonds is 5. The SMILES string of the molecule is CC(C)[C@@H](NC(=O)N[C@H](C)c1ccc(F)cc1)c1ccc2c(c1)OCCO2. The zero-order valence-corrected chi connectivity index (χ0v) is 15.8. The second-order valence-corrected chi connectivity index (χ2v) is 7.02. The van der Waals surface area contributed by atoms with Crippen LogP contribution in [0.4, 0.5) is 9.18 Å². The molecule has 27 heavy (non-hydrogen) atoms. The number of halogens is 1. The van der Waals surface area contributed by atoms with Gasteiger partial charge in [0, 0.05) is 0 Å². The van der Waals surface area contributed by atoms with Crippen LogP contribution >= 0.6 is 0 Å². The molecule has 0 radical (unpaired) electrons. The molecule has 0 fully saturated rings. The third-order valence-corrected chi connectivity index (χ3v) is 4.60. The molecule has 0 aliphatic carbocycles. The number of hydrogen-bond donors (Lipinski definition) is 2. The first-order chi connectivity index (χ1) is 12.9. The Balaban J connectivity index is 1.68. The van der Waals surface area contributed by atoms with E-state index in [2.05, 4.69) is 10.6 Å². The Labute approximate surface area is 158 Å². The number of carbonyl (C=O) groups is 1. The summed E-state index contributed by atoms with van der Waals surface area (Å²) >= 11 is 0. The van der Waals surface area contributed by atoms with E-state index in [1.165, 1.54) is 12.1 Å². The normalized spacial score (nSPS) is 15.1. The molecule has 0 unspecified atom stereocenters. The van der Waals surface area contributed by atoms with Crippen LogP contribution in [-0.2, 0) is 0 Å². The molecule has 1 heterocycles. The summed E-state index contributed by atoms with van der Waals surface area (Å²) < 4.78 is 24.3. The monoisotopic (exact) mass is 372 g/mol. The third kappa shape index (κ3) is 4.70. The number of carbonyl (C=O) groups excluding carboxylic acids is 1. The molecule has 0 bridgehead atoms. The fourth-order valence-corrected chi connectivity index (χ4v) is 3.10. The zero-order chi connectivity index (χ0) is 19.4. The first kappa shape index (κ1) is 19.0. The van der Waals surface area contributed by atoms with E-state index in [1.807, 2.05) is 39.0 Å². The molecule has 0 spiro atoms. The van der Waals surface area contributed by atoms with Gasteiger partial charge in [-0.05, 0) is 48.2 Å². The standard InChI is InChI=1S/C21H25FN2O3/c1-13(2)20(16-6-9-18-19(12-16)27-11-10-26-18)24-21(25)23-14(3)15-4-7-17(22)8-5-15/h4-9,12-14,20H,10-11H2,1-3H3,(H2,23,24,25)/t14-,20-/m1/s1. The summed E-state index contributed by atoms with van der Waals surface area (Å²) in [6.45, 7) is 7.02. The highest BCUT2D eigenvalue weighted by Crippen LogP contribution is 2.34. The minimum Gasteiger partial charge on any atom is -0.486 e. The Bertz CT molecular complexity index is 793. The quantitative estimate of drug-likeness (QED) is 0.820. The minimum atomic E-state index is -0.297. The molecule has 2 N–H and O–H groups in total. The Morgan fingerprint density at radius 1 is 0.926 bits per heavy atom. The molecule has 2 amide bonds. The lowest BCUT2D eigenvalue weighted by Gasteiger charge is -2.26. The van der Waals surface area contributed by atoms with Gasteiger partial charge < -0.3 is 20.1 Å². The predicted molar refractivity (Wildman–Crippen MR) is 101 cm³/mol. The maximum Gasteiger partial charge on any atom is 0.315 e. The Morgan fingerprint density at radius 3 is 2.22 bits per heavy atom. The number of hydrogen-bond acceptors (Lipinski definition) is 3. The summed E-state index contributed by atoms with van der Waals surface area (Å²) in [7, 11) is 0. The molecule has 2 atom stereocenters. The van der Waals surface area contributed by atoms with E-state index in [0.29, 0.717) is 19.0 Å². The van der Waals surface area contributed by atoms with Gasteiger partial charge in [-0.15, -0.1) is 0 Å². The van der Waals surface area contributed by atoms with Crippen LogP contribution in [0.2, 0.25) is 0 Å². The Kier molecular flexibility index (Phi) is 5.84. The zero-order valence-electron chi connectivity index (χ0n) is 15.8. The summed E-state index contributed by atoms with van der Waals surface area (Å²) in [5.41, 5.74) is 1.80. The maximum atomic E-state index is 13.1. The number of nitrogens with one attached hydrogen (secondary N) is 2. The average Bonchev–Trinajstić information content (AvgIpc) is 2.66. The van der Waals surface area contributed by atoms with E-state index in [9.17, 15) is 9.18 Å². The Morgan fingerprint density at radius 2 is 1.56 bits per heavy atom. The Hall–Kier alpha value is -2.76. The van der Waals surface area contributed by atoms with Crippen LogP contribution in [-0.4, -0.2) is 19.2 Å². The van der Waals surface area contributed by atoms with Gasteiger partial charge >= 0.3 is 6.03 Å². The van der Waals surface area contributed by atoms with Gasteiger partial charge in [-0.25, -0.2) is 9.18 Å². The molecule has 1 aliphatic heterocycles. The highest BCUT2D eigenvalue weighted by molar-refractivity contribution is 5.75. The van der Waals surface area contributed by atoms with Crippen LogP contribution in [0, 0.1) is 11.7 Å². The van der Waals surface area contributed by atoms with E-state index in [-0.39, 0.29) is 29.8 Å². The smallest absolute Gasteiger partial charge is 0.315 e. The van der Waals surface area contributed by atoms with E-state index in [1.54, 1.807) is 12.1 Å². The van der Waals surface area contributed by atoms with Gasteiger partial charge in [0.15, 0.2) is 11.5 Å². The van der Waals surface area contributed by atoms with Crippen molar-refractivity contribution in [2.24, 2.45) is 5.92 Å². The molecule has 2 aromatic carbocycles. The summed E-state index contributed by atoms with van der Waals surface area (Å²) in [5, 5.41) is 5.94. The number of ether oxygens (including phenoxy) is 2. The minimum absolute atomic E-state index is 0.179. The van der Waals surface area contributed by atoms with Gasteiger partial charge in [-0.2, -0.15) is 0 Å². The second-order valence-electron chi connectivity index (χ2n) is 7.02. The largest absolute Gasteiger partial charge is 0.486 e. The molecule has 0 saturated heterocycles. The van der Waals surface area contributed by atoms with Crippen LogP contribution in [0.5, 0.6) is 11.5 Å². The van der Waals surface area contributed by atoms with Crippen LogP contribution in [0.3, 0.4) is 0 Å². The highest BCUT2D eigenvalue weighted by atomic mass is 19.1. The lowest BCUT2D eigenvalue weighted by molar-refractivity contribution is 0.171. The summed E-state index contributed by atoms with van der Waals surface area (Å²) in [5.74, 6) is 1.31. The van der Waals surface area contributed by atoms with Crippen molar-refractivity contribution in [2.75, 3.05) is 13.2 Å². The molecular weight excluding hydrogens is 347 g/mol. The van der Waals surface area contributed by atoms with Gasteiger partial charge in [0.2, 0.25) is 0 Å². The number of fused-ring (bicyclic) bond motifs is 1. The third-order valence-electron chi connectivity index (χ3n) is 4.60. The molecule has 2 aromatic rings. The number of benzene rings is 2. The predicted octanol–water partition coefficient (Wildman–Crippen LogP) is 4.35. The van der Waals surface area contributed by atoms with Gasteiger partial charge in [0.05, 0.1) is 12.1 Å². The van der Waals surface area contributed by atoms with Crippen molar-refractivity contribution in [3.05, 3.63) is 59.4 Å². The van der Waals surface area contributed by atoms with Crippen molar-refractivity contribution in [2.45, 2.75) is 32.9 Å². The first-order valence-corrected chi connectivity index (χ1v) is 9.16. The molecule has 1 aliphatic rings. The van der Waals surface area contributed by atoms with Crippen LogP contribution in [0.25, 0.3) is 0 Å². The van der Waals surface area contributed by atoms with E-state index < -0.39 is 0 Å². The van der Waals surface area contributed by atoms with Gasteiger partial charge in [0.1, 0.15) is 19.0 Å². The van der Waals surface area contributed by atoms with Crippen LogP contribution in [0.15, 0.2) is 42.5 Å². The van der Waals surface area contributed by atoms with E-state index in [4.69, 9.17) is 9.47 Å². The van der Waals surface area contributed by atoms with Crippen molar-refractivity contribution in [1.82, 2.24) is 10.6 Å². The molecule has 0 saturated carbocycles. The van der Waals surface area contributed by atoms with Crippen molar-refractivity contribution in [1.29, 1.82) is 0 Å². The summed E-state index contributed by atoms with van der Waals surface area (Å²) in [4.78, 5) is 12.5. The molecular formula is C21H25FN2O3. The fraction of sp³-hybridized carbons (Fsp3) is 0.381. The lowest BCUT2D eigenvalue weighted by Crippen LogP contribution is -2.40.